The lowest BCUT2D eigenvalue weighted by atomic mass is 10.0. The van der Waals surface area contributed by atoms with Gasteiger partial charge in [-0.05, 0) is 37.2 Å². The van der Waals surface area contributed by atoms with Crippen LogP contribution in [0.15, 0.2) is 47.4 Å². The molecule has 1 unspecified atom stereocenters. The lowest BCUT2D eigenvalue weighted by molar-refractivity contribution is -0.384. The standard InChI is InChI=1S/C18H21N3O5S/c1-13-5-3-4-6-15(13)18-12-20(9-10-26-18)16-8-7-14(27(24,25)19-2)11-17(16)21(22)23/h3-8,11,18-19H,9-10,12H2,1-2H3. The Bertz CT molecular complexity index is 961. The number of nitro benzene ring substituents is 1. The first-order valence-electron chi connectivity index (χ1n) is 8.47. The van der Waals surface area contributed by atoms with Crippen molar-refractivity contribution in [2.24, 2.45) is 0 Å². The van der Waals surface area contributed by atoms with Gasteiger partial charge in [-0.2, -0.15) is 0 Å². The van der Waals surface area contributed by atoms with Crippen molar-refractivity contribution in [1.29, 1.82) is 0 Å². The van der Waals surface area contributed by atoms with Crippen LogP contribution in [0.1, 0.15) is 17.2 Å². The van der Waals surface area contributed by atoms with E-state index < -0.39 is 14.9 Å². The van der Waals surface area contributed by atoms with Crippen LogP contribution in [-0.2, 0) is 14.8 Å². The smallest absolute Gasteiger partial charge is 0.293 e. The first-order valence-corrected chi connectivity index (χ1v) is 9.96. The Morgan fingerprint density at radius 3 is 2.67 bits per heavy atom. The Kier molecular flexibility index (Phi) is 5.45. The second-order valence-corrected chi connectivity index (χ2v) is 8.16. The van der Waals surface area contributed by atoms with E-state index in [0.717, 1.165) is 17.2 Å². The molecule has 144 valence electrons. The van der Waals surface area contributed by atoms with Crippen molar-refractivity contribution in [2.75, 3.05) is 31.6 Å². The highest BCUT2D eigenvalue weighted by atomic mass is 32.2. The van der Waals surface area contributed by atoms with Gasteiger partial charge in [0.1, 0.15) is 11.8 Å². The van der Waals surface area contributed by atoms with Gasteiger partial charge in [0.05, 0.1) is 16.4 Å². The topological polar surface area (TPSA) is 102 Å². The molecule has 1 atom stereocenters. The Hall–Kier alpha value is -2.49. The highest BCUT2D eigenvalue weighted by Gasteiger charge is 2.29. The van der Waals surface area contributed by atoms with Gasteiger partial charge >= 0.3 is 0 Å². The van der Waals surface area contributed by atoms with Crippen LogP contribution in [0.2, 0.25) is 0 Å². The van der Waals surface area contributed by atoms with E-state index in [1.54, 1.807) is 0 Å². The van der Waals surface area contributed by atoms with Crippen LogP contribution >= 0.6 is 0 Å². The molecule has 0 radical (unpaired) electrons. The van der Waals surface area contributed by atoms with Gasteiger partial charge < -0.3 is 9.64 Å². The number of benzene rings is 2. The van der Waals surface area contributed by atoms with Gasteiger partial charge in [-0.3, -0.25) is 10.1 Å². The van der Waals surface area contributed by atoms with Crippen molar-refractivity contribution in [2.45, 2.75) is 17.9 Å². The number of hydrogen-bond donors (Lipinski definition) is 1. The fourth-order valence-corrected chi connectivity index (χ4v) is 3.96. The second kappa shape index (κ2) is 7.63. The quantitative estimate of drug-likeness (QED) is 0.620. The lowest BCUT2D eigenvalue weighted by Crippen LogP contribution is -2.39. The fraction of sp³-hybridized carbons (Fsp3) is 0.333. The molecule has 2 aromatic rings. The molecule has 1 fully saturated rings. The number of aryl methyl sites for hydroxylation is 1. The normalized spacial score (nSPS) is 17.7. The van der Waals surface area contributed by atoms with Crippen molar-refractivity contribution < 1.29 is 18.1 Å². The fourth-order valence-electron chi connectivity index (χ4n) is 3.21. The molecule has 8 nitrogen and oxygen atoms in total. The van der Waals surface area contributed by atoms with Crippen molar-refractivity contribution >= 4 is 21.4 Å². The summed E-state index contributed by atoms with van der Waals surface area (Å²) in [5.74, 6) is 0. The Labute approximate surface area is 158 Å². The third-order valence-corrected chi connectivity index (χ3v) is 6.08. The summed E-state index contributed by atoms with van der Waals surface area (Å²) in [5.41, 5.74) is 2.28. The molecular formula is C18H21N3O5S. The van der Waals surface area contributed by atoms with Crippen molar-refractivity contribution in [3.8, 4) is 0 Å². The van der Waals surface area contributed by atoms with Crippen LogP contribution in [0.4, 0.5) is 11.4 Å². The molecule has 0 saturated carbocycles. The summed E-state index contributed by atoms with van der Waals surface area (Å²) >= 11 is 0. The van der Waals surface area contributed by atoms with Crippen LogP contribution in [0.25, 0.3) is 0 Å². The average Bonchev–Trinajstić information content (AvgIpc) is 2.68. The average molecular weight is 391 g/mol. The van der Waals surface area contributed by atoms with Crippen LogP contribution in [0.5, 0.6) is 0 Å². The number of nitrogens with one attached hydrogen (secondary N) is 1. The summed E-state index contributed by atoms with van der Waals surface area (Å²) in [5, 5.41) is 11.6. The van der Waals surface area contributed by atoms with Gasteiger partial charge in [0, 0.05) is 19.2 Å². The van der Waals surface area contributed by atoms with Gasteiger partial charge in [-0.1, -0.05) is 24.3 Å². The summed E-state index contributed by atoms with van der Waals surface area (Å²) in [6.45, 7) is 3.36. The number of nitro groups is 1. The van der Waals surface area contributed by atoms with Crippen LogP contribution in [0, 0.1) is 17.0 Å². The summed E-state index contributed by atoms with van der Waals surface area (Å²) in [4.78, 5) is 12.8. The maximum Gasteiger partial charge on any atom is 0.293 e. The molecule has 0 spiro atoms. The summed E-state index contributed by atoms with van der Waals surface area (Å²) in [7, 11) is -2.49. The largest absolute Gasteiger partial charge is 0.370 e. The number of ether oxygens (including phenoxy) is 1. The number of hydrogen-bond acceptors (Lipinski definition) is 6. The third-order valence-electron chi connectivity index (χ3n) is 4.67. The van der Waals surface area contributed by atoms with Crippen molar-refractivity contribution in [1.82, 2.24) is 4.72 Å². The van der Waals surface area contributed by atoms with Crippen LogP contribution in [-0.4, -0.2) is 40.1 Å². The van der Waals surface area contributed by atoms with Gasteiger partial charge in [-0.15, -0.1) is 0 Å². The molecule has 1 N–H and O–H groups in total. The maximum atomic E-state index is 12.0. The van der Waals surface area contributed by atoms with E-state index in [4.69, 9.17) is 4.74 Å². The second-order valence-electron chi connectivity index (χ2n) is 6.28. The van der Waals surface area contributed by atoms with Crippen LogP contribution < -0.4 is 9.62 Å². The molecule has 3 rings (SSSR count). The zero-order valence-corrected chi connectivity index (χ0v) is 15.9. The van der Waals surface area contributed by atoms with E-state index in [9.17, 15) is 18.5 Å². The van der Waals surface area contributed by atoms with Gasteiger partial charge in [-0.25, -0.2) is 13.1 Å². The van der Waals surface area contributed by atoms with Crippen molar-refractivity contribution in [3.63, 3.8) is 0 Å². The summed E-state index contributed by atoms with van der Waals surface area (Å²) < 4.78 is 32.0. The summed E-state index contributed by atoms with van der Waals surface area (Å²) in [6.07, 6.45) is -0.208. The molecule has 1 aliphatic heterocycles. The molecule has 0 aromatic heterocycles. The molecule has 2 aromatic carbocycles. The minimum Gasteiger partial charge on any atom is -0.370 e. The van der Waals surface area contributed by atoms with Gasteiger partial charge in [0.15, 0.2) is 0 Å². The highest BCUT2D eigenvalue weighted by molar-refractivity contribution is 7.89. The maximum absolute atomic E-state index is 12.0. The zero-order chi connectivity index (χ0) is 19.6. The van der Waals surface area contributed by atoms with E-state index >= 15 is 0 Å². The molecule has 9 heteroatoms. The molecule has 0 bridgehead atoms. The molecule has 0 aliphatic carbocycles. The van der Waals surface area contributed by atoms with E-state index in [1.807, 2.05) is 36.1 Å². The minimum atomic E-state index is -3.76. The SMILES string of the molecule is CNS(=O)(=O)c1ccc(N2CCOC(c3ccccc3C)C2)c([N+](=O)[O-])c1. The number of sulfonamides is 1. The Morgan fingerprint density at radius 1 is 1.26 bits per heavy atom. The predicted octanol–water partition coefficient (Wildman–Crippen LogP) is 2.39. The number of rotatable bonds is 5. The monoisotopic (exact) mass is 391 g/mol. The number of anilines is 1. The highest BCUT2D eigenvalue weighted by Crippen LogP contribution is 2.34. The van der Waals surface area contributed by atoms with Crippen molar-refractivity contribution in [3.05, 3.63) is 63.7 Å². The first kappa shape index (κ1) is 19.3. The van der Waals surface area contributed by atoms with E-state index in [1.165, 1.54) is 19.2 Å². The minimum absolute atomic E-state index is 0.135. The molecule has 27 heavy (non-hydrogen) atoms. The van der Waals surface area contributed by atoms with E-state index in [-0.39, 0.29) is 16.7 Å². The predicted molar refractivity (Wildman–Crippen MR) is 101 cm³/mol. The molecule has 0 amide bonds. The molecule has 1 heterocycles. The van der Waals surface area contributed by atoms with Crippen LogP contribution in [0.3, 0.4) is 0 Å². The van der Waals surface area contributed by atoms with E-state index in [0.29, 0.717) is 25.4 Å². The number of morpholine rings is 1. The molecule has 1 saturated heterocycles. The Morgan fingerprint density at radius 2 is 2.00 bits per heavy atom. The van der Waals surface area contributed by atoms with Gasteiger partial charge in [0.25, 0.3) is 5.69 Å². The lowest BCUT2D eigenvalue weighted by Gasteiger charge is -2.35. The number of nitrogens with zero attached hydrogens (tertiary/aromatic N) is 2. The summed E-state index contributed by atoms with van der Waals surface area (Å²) in [6, 6.07) is 11.8. The first-order chi connectivity index (χ1) is 12.8. The third kappa shape index (κ3) is 3.95. The molecule has 1 aliphatic rings. The molecular weight excluding hydrogens is 370 g/mol. The van der Waals surface area contributed by atoms with Gasteiger partial charge in [0.2, 0.25) is 10.0 Å². The Balaban J connectivity index is 1.95. The zero-order valence-electron chi connectivity index (χ0n) is 15.1. The van der Waals surface area contributed by atoms with E-state index in [2.05, 4.69) is 4.72 Å².